The third kappa shape index (κ3) is 2.93. The molecule has 0 bridgehead atoms. The van der Waals surface area contributed by atoms with Crippen molar-refractivity contribution >= 4 is 64.4 Å². The lowest BCUT2D eigenvalue weighted by molar-refractivity contribution is 0.658. The van der Waals surface area contributed by atoms with E-state index in [4.69, 9.17) is 0 Å². The summed E-state index contributed by atoms with van der Waals surface area (Å²) in [5, 5.41) is 7.03. The third-order valence-corrected chi connectivity index (χ3v) is 7.72. The predicted molar refractivity (Wildman–Crippen MR) is 126 cm³/mol. The van der Waals surface area contributed by atoms with Gasteiger partial charge in [-0.05, 0) is 76.3 Å². The predicted octanol–water partition coefficient (Wildman–Crippen LogP) is 8.35. The number of benzene rings is 4. The fourth-order valence-corrected chi connectivity index (χ4v) is 6.12. The molecule has 6 rings (SSSR count). The topological polar surface area (TPSA) is 0 Å². The average molecular weight is 413 g/mol. The Labute approximate surface area is 175 Å². The highest BCUT2D eigenvalue weighted by Gasteiger charge is 2.10. The summed E-state index contributed by atoms with van der Waals surface area (Å²) in [7, 11) is 0. The van der Waals surface area contributed by atoms with Crippen LogP contribution in [0.2, 0.25) is 0 Å². The Morgan fingerprint density at radius 3 is 1.97 bits per heavy atom. The summed E-state index contributed by atoms with van der Waals surface area (Å²) in [4.78, 5) is 1.42. The first-order valence-electron chi connectivity index (χ1n) is 9.75. The van der Waals surface area contributed by atoms with Crippen LogP contribution in [-0.2, 0) is 12.8 Å². The molecule has 0 aliphatic rings. The third-order valence-electron chi connectivity index (χ3n) is 5.68. The van der Waals surface area contributed by atoms with Crippen LogP contribution in [-0.4, -0.2) is 0 Å². The van der Waals surface area contributed by atoms with Crippen molar-refractivity contribution in [1.29, 1.82) is 0 Å². The lowest BCUT2D eigenvalue weighted by Gasteiger charge is -2.05. The first-order valence-corrected chi connectivity index (χ1v) is 11.4. The Kier molecular flexibility index (Phi) is 3.93. The van der Waals surface area contributed by atoms with Gasteiger partial charge in [0, 0.05) is 25.0 Å². The fourth-order valence-electron chi connectivity index (χ4n) is 4.24. The maximum absolute atomic E-state index is 13.8. The largest absolute Gasteiger partial charge is 0.195 e. The first kappa shape index (κ1) is 17.1. The Morgan fingerprint density at radius 1 is 0.586 bits per heavy atom. The van der Waals surface area contributed by atoms with Gasteiger partial charge in [-0.2, -0.15) is 4.39 Å². The molecular weight excluding hydrogens is 395 g/mol. The molecule has 0 aliphatic carbocycles. The van der Waals surface area contributed by atoms with Crippen molar-refractivity contribution in [1.82, 2.24) is 0 Å². The van der Waals surface area contributed by atoms with Gasteiger partial charge >= 0.3 is 0 Å². The number of hydrogen-bond acceptors (Lipinski definition) is 2. The van der Waals surface area contributed by atoms with E-state index in [0.29, 0.717) is 0 Å². The molecule has 0 radical (unpaired) electrons. The molecule has 2 heterocycles. The molecule has 3 heteroatoms. The molecule has 0 nitrogen and oxygen atoms in total. The van der Waals surface area contributed by atoms with Gasteiger partial charge in [0.25, 0.3) is 0 Å². The Morgan fingerprint density at radius 2 is 1.24 bits per heavy atom. The van der Waals surface area contributed by atoms with Crippen molar-refractivity contribution in [2.24, 2.45) is 0 Å². The molecule has 4 aromatic carbocycles. The number of fused-ring (bicyclic) bond motifs is 6. The van der Waals surface area contributed by atoms with Crippen LogP contribution in [0.15, 0.2) is 78.9 Å². The summed E-state index contributed by atoms with van der Waals surface area (Å²) >= 11 is 3.11. The number of hydrogen-bond donors (Lipinski definition) is 0. The molecular formula is C26H17FS2. The monoisotopic (exact) mass is 412 g/mol. The van der Waals surface area contributed by atoms with Crippen LogP contribution >= 0.6 is 22.7 Å². The van der Waals surface area contributed by atoms with E-state index in [1.807, 2.05) is 17.4 Å². The van der Waals surface area contributed by atoms with Gasteiger partial charge in [-0.3, -0.25) is 0 Å². The van der Waals surface area contributed by atoms with Gasteiger partial charge in [-0.1, -0.05) is 42.5 Å². The maximum atomic E-state index is 13.8. The van der Waals surface area contributed by atoms with Crippen LogP contribution in [0.4, 0.5) is 4.39 Å². The van der Waals surface area contributed by atoms with Gasteiger partial charge in [0.15, 0.2) is 5.13 Å². The maximum Gasteiger partial charge on any atom is 0.177 e. The SMILES string of the molecule is Fc1cc2c(ccc3cc4c(ccc5sc(CCc6ccccc6)cc54)cc32)s1. The van der Waals surface area contributed by atoms with E-state index in [1.165, 1.54) is 48.0 Å². The van der Waals surface area contributed by atoms with Crippen LogP contribution in [0.25, 0.3) is 41.7 Å². The molecule has 0 N–H and O–H groups in total. The standard InChI is InChI=1S/C26H17FS2/c27-26-15-23-21-13-17-7-10-24-22(20(17)12-18(21)8-11-25(23)29-26)14-19(28-24)9-6-16-4-2-1-3-5-16/h1-5,7-8,10-15H,6,9H2. The van der Waals surface area contributed by atoms with Crippen LogP contribution < -0.4 is 0 Å². The Hall–Kier alpha value is -2.75. The van der Waals surface area contributed by atoms with Crippen LogP contribution in [0.1, 0.15) is 10.4 Å². The van der Waals surface area contributed by atoms with E-state index in [2.05, 4.69) is 66.7 Å². The number of aryl methyl sites for hydroxylation is 2. The van der Waals surface area contributed by atoms with E-state index >= 15 is 0 Å². The lowest BCUT2D eigenvalue weighted by Crippen LogP contribution is -1.87. The highest BCUT2D eigenvalue weighted by Crippen LogP contribution is 2.38. The first-order chi connectivity index (χ1) is 14.2. The van der Waals surface area contributed by atoms with Gasteiger partial charge < -0.3 is 0 Å². The second-order valence-electron chi connectivity index (χ2n) is 7.50. The highest BCUT2D eigenvalue weighted by atomic mass is 32.1. The van der Waals surface area contributed by atoms with Gasteiger partial charge in [0.2, 0.25) is 0 Å². The van der Waals surface area contributed by atoms with E-state index in [9.17, 15) is 4.39 Å². The average Bonchev–Trinajstić information content (AvgIpc) is 3.34. The quantitative estimate of drug-likeness (QED) is 0.256. The zero-order chi connectivity index (χ0) is 19.4. The van der Waals surface area contributed by atoms with Crippen molar-refractivity contribution in [3.05, 3.63) is 94.4 Å². The zero-order valence-electron chi connectivity index (χ0n) is 15.6. The minimum Gasteiger partial charge on any atom is -0.195 e. The van der Waals surface area contributed by atoms with Crippen molar-refractivity contribution in [2.75, 3.05) is 0 Å². The van der Waals surface area contributed by atoms with E-state index in [0.717, 1.165) is 28.3 Å². The molecule has 140 valence electrons. The Bertz CT molecular complexity index is 1510. The van der Waals surface area contributed by atoms with Gasteiger partial charge in [-0.15, -0.1) is 22.7 Å². The molecule has 6 aromatic rings. The van der Waals surface area contributed by atoms with Crippen LogP contribution in [0.5, 0.6) is 0 Å². The van der Waals surface area contributed by atoms with Gasteiger partial charge in [-0.25, -0.2) is 0 Å². The molecule has 2 aromatic heterocycles. The molecule has 0 saturated heterocycles. The molecule has 0 saturated carbocycles. The molecule has 0 aliphatic heterocycles. The second kappa shape index (κ2) is 6.65. The molecule has 0 unspecified atom stereocenters. The molecule has 0 amide bonds. The number of rotatable bonds is 3. The van der Waals surface area contributed by atoms with E-state index in [1.54, 1.807) is 6.07 Å². The van der Waals surface area contributed by atoms with Gasteiger partial charge in [0.1, 0.15) is 0 Å². The van der Waals surface area contributed by atoms with E-state index < -0.39 is 0 Å². The summed E-state index contributed by atoms with van der Waals surface area (Å²) in [5.41, 5.74) is 1.38. The van der Waals surface area contributed by atoms with E-state index in [-0.39, 0.29) is 5.13 Å². The van der Waals surface area contributed by atoms with Crippen LogP contribution in [0, 0.1) is 5.13 Å². The summed E-state index contributed by atoms with van der Waals surface area (Å²) in [6.07, 6.45) is 2.13. The Balaban J connectivity index is 1.48. The van der Waals surface area contributed by atoms with Crippen molar-refractivity contribution in [3.8, 4) is 0 Å². The minimum atomic E-state index is -0.121. The lowest BCUT2D eigenvalue weighted by atomic mass is 9.99. The summed E-state index contributed by atoms with van der Waals surface area (Å²) in [5.74, 6) is 0. The van der Waals surface area contributed by atoms with Crippen molar-refractivity contribution < 1.29 is 4.39 Å². The summed E-state index contributed by atoms with van der Waals surface area (Å²) < 4.78 is 16.1. The summed E-state index contributed by atoms with van der Waals surface area (Å²) in [6, 6.07) is 27.8. The molecule has 29 heavy (non-hydrogen) atoms. The highest BCUT2D eigenvalue weighted by molar-refractivity contribution is 7.19. The normalized spacial score (nSPS) is 11.9. The molecule has 0 fully saturated rings. The van der Waals surface area contributed by atoms with Crippen LogP contribution in [0.3, 0.4) is 0 Å². The number of halogens is 1. The molecule has 0 spiro atoms. The van der Waals surface area contributed by atoms with Crippen molar-refractivity contribution in [2.45, 2.75) is 12.8 Å². The second-order valence-corrected chi connectivity index (χ2v) is 9.70. The van der Waals surface area contributed by atoms with Gasteiger partial charge in [0.05, 0.1) is 0 Å². The van der Waals surface area contributed by atoms with Crippen molar-refractivity contribution in [3.63, 3.8) is 0 Å². The zero-order valence-corrected chi connectivity index (χ0v) is 17.2. The fraction of sp³-hybridized carbons (Fsp3) is 0.0769. The molecule has 0 atom stereocenters. The smallest absolute Gasteiger partial charge is 0.177 e. The number of thiophene rings is 2. The minimum absolute atomic E-state index is 0.121. The summed E-state index contributed by atoms with van der Waals surface area (Å²) in [6.45, 7) is 0.